The quantitative estimate of drug-likeness (QED) is 0.671. The third kappa shape index (κ3) is 2.84. The number of nitrogens with one attached hydrogen (secondary N) is 1. The first-order chi connectivity index (χ1) is 10.0. The van der Waals surface area contributed by atoms with Crippen LogP contribution in [0.2, 0.25) is 0 Å². The topological polar surface area (TPSA) is 94.1 Å². The van der Waals surface area contributed by atoms with Crippen LogP contribution in [0.1, 0.15) is 30.7 Å². The number of nitro groups is 1. The van der Waals surface area contributed by atoms with E-state index in [1.165, 1.54) is 11.3 Å². The normalized spacial score (nSPS) is 22.4. The zero-order chi connectivity index (χ0) is 15.0. The summed E-state index contributed by atoms with van der Waals surface area (Å²) in [6.07, 6.45) is 4.15. The van der Waals surface area contributed by atoms with Gasteiger partial charge in [0.2, 0.25) is 0 Å². The van der Waals surface area contributed by atoms with Crippen molar-refractivity contribution in [2.75, 3.05) is 5.32 Å². The third-order valence-corrected chi connectivity index (χ3v) is 4.90. The molecule has 1 aliphatic carbocycles. The zero-order valence-electron chi connectivity index (χ0n) is 11.8. The molecule has 0 bridgehead atoms. The minimum Gasteiger partial charge on any atom is -0.375 e. The van der Waals surface area contributed by atoms with Crippen LogP contribution in [0.5, 0.6) is 0 Å². The lowest BCUT2D eigenvalue weighted by Gasteiger charge is -2.29. The van der Waals surface area contributed by atoms with Crippen LogP contribution in [0.25, 0.3) is 10.2 Å². The number of nitrogens with zero attached hydrogens (tertiary/aromatic N) is 2. The van der Waals surface area contributed by atoms with E-state index in [9.17, 15) is 10.1 Å². The first-order valence-corrected chi connectivity index (χ1v) is 7.94. The average Bonchev–Trinajstić information content (AvgIpc) is 2.79. The summed E-state index contributed by atoms with van der Waals surface area (Å²) in [5.74, 6) is 0. The molecule has 1 fully saturated rings. The van der Waals surface area contributed by atoms with E-state index in [0.717, 1.165) is 40.9 Å². The molecule has 1 aromatic carbocycles. The molecule has 0 aliphatic heterocycles. The van der Waals surface area contributed by atoms with Gasteiger partial charge in [0.05, 0.1) is 20.1 Å². The molecule has 2 atom stereocenters. The molecule has 1 saturated carbocycles. The number of benzene rings is 1. The van der Waals surface area contributed by atoms with Crippen LogP contribution in [0.3, 0.4) is 0 Å². The lowest BCUT2D eigenvalue weighted by molar-refractivity contribution is -0.383. The van der Waals surface area contributed by atoms with Gasteiger partial charge in [0.25, 0.3) is 5.69 Å². The Morgan fingerprint density at radius 3 is 2.90 bits per heavy atom. The first-order valence-electron chi connectivity index (χ1n) is 7.12. The highest BCUT2D eigenvalue weighted by Gasteiger charge is 2.25. The van der Waals surface area contributed by atoms with Crippen molar-refractivity contribution in [3.63, 3.8) is 0 Å². The van der Waals surface area contributed by atoms with Gasteiger partial charge in [-0.25, -0.2) is 4.98 Å². The van der Waals surface area contributed by atoms with Crippen LogP contribution < -0.4 is 11.1 Å². The van der Waals surface area contributed by atoms with Crippen LogP contribution >= 0.6 is 11.3 Å². The Morgan fingerprint density at radius 1 is 1.43 bits per heavy atom. The Labute approximate surface area is 126 Å². The summed E-state index contributed by atoms with van der Waals surface area (Å²) in [6.45, 7) is 1.90. The molecular formula is C14H18N4O2S. The van der Waals surface area contributed by atoms with Crippen molar-refractivity contribution in [3.8, 4) is 0 Å². The molecular weight excluding hydrogens is 288 g/mol. The highest BCUT2D eigenvalue weighted by molar-refractivity contribution is 7.18. The van der Waals surface area contributed by atoms with Crippen LogP contribution in [-0.2, 0) is 0 Å². The number of aromatic nitrogens is 1. The fourth-order valence-electron chi connectivity index (χ4n) is 2.88. The van der Waals surface area contributed by atoms with Crippen molar-refractivity contribution < 1.29 is 4.92 Å². The van der Waals surface area contributed by atoms with Crippen LogP contribution in [0.4, 0.5) is 11.4 Å². The molecule has 1 aromatic heterocycles. The van der Waals surface area contributed by atoms with Gasteiger partial charge < -0.3 is 11.1 Å². The summed E-state index contributed by atoms with van der Waals surface area (Å²) in [5.41, 5.74) is 7.55. The number of fused-ring (bicyclic) bond motifs is 1. The van der Waals surface area contributed by atoms with Crippen LogP contribution in [0.15, 0.2) is 12.1 Å². The summed E-state index contributed by atoms with van der Waals surface area (Å²) < 4.78 is 0.845. The number of aryl methyl sites for hydroxylation is 1. The molecule has 3 N–H and O–H groups in total. The van der Waals surface area contributed by atoms with Gasteiger partial charge in [0.1, 0.15) is 5.69 Å². The van der Waals surface area contributed by atoms with E-state index in [-0.39, 0.29) is 22.7 Å². The smallest absolute Gasteiger partial charge is 0.293 e. The molecule has 0 unspecified atom stereocenters. The maximum absolute atomic E-state index is 11.3. The molecule has 2 aromatic rings. The van der Waals surface area contributed by atoms with E-state index in [2.05, 4.69) is 10.3 Å². The number of thiazole rings is 1. The van der Waals surface area contributed by atoms with E-state index in [1.807, 2.05) is 6.92 Å². The molecule has 3 rings (SSSR count). The van der Waals surface area contributed by atoms with Gasteiger partial charge in [-0.2, -0.15) is 0 Å². The van der Waals surface area contributed by atoms with Gasteiger partial charge >= 0.3 is 0 Å². The summed E-state index contributed by atoms with van der Waals surface area (Å²) in [6, 6.07) is 3.52. The summed E-state index contributed by atoms with van der Waals surface area (Å²) in [7, 11) is 0. The predicted octanol–water partition coefficient (Wildman–Crippen LogP) is 3.19. The molecule has 112 valence electrons. The Hall–Kier alpha value is -1.73. The van der Waals surface area contributed by atoms with Gasteiger partial charge in [0, 0.05) is 18.2 Å². The van der Waals surface area contributed by atoms with Gasteiger partial charge in [-0.1, -0.05) is 12.8 Å². The maximum Gasteiger partial charge on any atom is 0.293 e. The third-order valence-electron chi connectivity index (χ3n) is 3.97. The second-order valence-corrected chi connectivity index (χ2v) is 6.76. The van der Waals surface area contributed by atoms with Gasteiger partial charge in [0.15, 0.2) is 0 Å². The molecule has 1 heterocycles. The van der Waals surface area contributed by atoms with Crippen molar-refractivity contribution in [2.24, 2.45) is 5.73 Å². The van der Waals surface area contributed by atoms with Crippen molar-refractivity contribution in [3.05, 3.63) is 27.3 Å². The maximum atomic E-state index is 11.3. The highest BCUT2D eigenvalue weighted by Crippen LogP contribution is 2.34. The van der Waals surface area contributed by atoms with Crippen molar-refractivity contribution in [2.45, 2.75) is 44.7 Å². The number of anilines is 1. The van der Waals surface area contributed by atoms with Gasteiger partial charge in [-0.05, 0) is 25.8 Å². The fraction of sp³-hybridized carbons (Fsp3) is 0.500. The Bertz CT molecular complexity index is 685. The molecule has 0 saturated heterocycles. The van der Waals surface area contributed by atoms with Crippen molar-refractivity contribution >= 4 is 32.9 Å². The van der Waals surface area contributed by atoms with E-state index in [1.54, 1.807) is 12.1 Å². The SMILES string of the molecule is Cc1nc2cc(N[C@@H]3CCCC[C@H]3N)c([N+](=O)[O-])cc2s1. The number of nitrogens with two attached hydrogens (primary N) is 1. The molecule has 1 aliphatic rings. The average molecular weight is 306 g/mol. The molecule has 0 radical (unpaired) electrons. The fourth-order valence-corrected chi connectivity index (χ4v) is 3.73. The highest BCUT2D eigenvalue weighted by atomic mass is 32.1. The summed E-state index contributed by atoms with van der Waals surface area (Å²) >= 11 is 1.47. The van der Waals surface area contributed by atoms with Crippen LogP contribution in [-0.4, -0.2) is 22.0 Å². The van der Waals surface area contributed by atoms with E-state index in [0.29, 0.717) is 5.69 Å². The minimum atomic E-state index is -0.342. The Kier molecular flexibility index (Phi) is 3.77. The monoisotopic (exact) mass is 306 g/mol. The Balaban J connectivity index is 1.98. The first kappa shape index (κ1) is 14.2. The van der Waals surface area contributed by atoms with E-state index in [4.69, 9.17) is 5.73 Å². The second-order valence-electron chi connectivity index (χ2n) is 5.53. The molecule has 21 heavy (non-hydrogen) atoms. The molecule has 0 amide bonds. The number of rotatable bonds is 3. The number of hydrogen-bond donors (Lipinski definition) is 2. The molecule has 7 heteroatoms. The van der Waals surface area contributed by atoms with Gasteiger partial charge in [-0.15, -0.1) is 11.3 Å². The lowest BCUT2D eigenvalue weighted by Crippen LogP contribution is -2.42. The number of hydrogen-bond acceptors (Lipinski definition) is 6. The number of nitro benzene ring substituents is 1. The van der Waals surface area contributed by atoms with E-state index < -0.39 is 0 Å². The van der Waals surface area contributed by atoms with Gasteiger partial charge in [-0.3, -0.25) is 10.1 Å². The second kappa shape index (κ2) is 5.57. The zero-order valence-corrected chi connectivity index (χ0v) is 12.7. The molecule has 6 nitrogen and oxygen atoms in total. The summed E-state index contributed by atoms with van der Waals surface area (Å²) in [5, 5.41) is 15.5. The van der Waals surface area contributed by atoms with Crippen LogP contribution in [0, 0.1) is 17.0 Å². The van der Waals surface area contributed by atoms with E-state index >= 15 is 0 Å². The minimum absolute atomic E-state index is 0.0474. The lowest BCUT2D eigenvalue weighted by atomic mass is 9.91. The summed E-state index contributed by atoms with van der Waals surface area (Å²) in [4.78, 5) is 15.4. The standard InChI is InChI=1S/C14H18N4O2S/c1-8-16-12-6-11(13(18(19)20)7-14(12)21-8)17-10-5-3-2-4-9(10)15/h6-7,9-10,17H,2-5,15H2,1H3/t9-,10-/m1/s1. The largest absolute Gasteiger partial charge is 0.375 e. The Morgan fingerprint density at radius 2 is 2.19 bits per heavy atom. The molecule has 0 spiro atoms. The van der Waals surface area contributed by atoms with Crippen molar-refractivity contribution in [1.82, 2.24) is 4.98 Å². The predicted molar refractivity (Wildman–Crippen MR) is 84.9 cm³/mol. The van der Waals surface area contributed by atoms with Crippen molar-refractivity contribution in [1.29, 1.82) is 0 Å².